The molecule has 27 heavy (non-hydrogen) atoms. The van der Waals surface area contributed by atoms with Crippen molar-refractivity contribution in [1.82, 2.24) is 14.7 Å². The van der Waals surface area contributed by atoms with Gasteiger partial charge >= 0.3 is 6.18 Å². The van der Waals surface area contributed by atoms with Gasteiger partial charge in [0, 0.05) is 13.1 Å². The molecular formula is C18H22ClF3N4O. The molecule has 1 aromatic heterocycles. The van der Waals surface area contributed by atoms with Gasteiger partial charge in [-0.2, -0.15) is 18.3 Å². The van der Waals surface area contributed by atoms with Gasteiger partial charge in [-0.05, 0) is 36.9 Å². The molecule has 1 aliphatic rings. The van der Waals surface area contributed by atoms with E-state index in [1.807, 2.05) is 6.92 Å². The minimum absolute atomic E-state index is 0. The molecule has 1 fully saturated rings. The summed E-state index contributed by atoms with van der Waals surface area (Å²) in [6, 6.07) is 6.62. The number of likely N-dealkylation sites (tertiary alicyclic amines) is 1. The Kier molecular flexibility index (Phi) is 5.91. The van der Waals surface area contributed by atoms with Crippen LogP contribution in [0.5, 0.6) is 0 Å². The van der Waals surface area contributed by atoms with Gasteiger partial charge in [0.05, 0.1) is 17.4 Å². The number of benzene rings is 1. The summed E-state index contributed by atoms with van der Waals surface area (Å²) in [4.78, 5) is 14.2. The highest BCUT2D eigenvalue weighted by Crippen LogP contribution is 2.36. The number of nitrogens with two attached hydrogens (primary N) is 1. The molecule has 3 rings (SSSR count). The van der Waals surface area contributed by atoms with Crippen molar-refractivity contribution in [3.05, 3.63) is 47.3 Å². The Morgan fingerprint density at radius 3 is 2.56 bits per heavy atom. The quantitative estimate of drug-likeness (QED) is 0.855. The third-order valence-electron chi connectivity index (χ3n) is 4.95. The molecule has 0 aliphatic carbocycles. The summed E-state index contributed by atoms with van der Waals surface area (Å²) >= 11 is 0. The van der Waals surface area contributed by atoms with Gasteiger partial charge in [0.15, 0.2) is 5.69 Å². The number of hydrogen-bond donors (Lipinski definition) is 1. The van der Waals surface area contributed by atoms with E-state index < -0.39 is 23.3 Å². The zero-order chi connectivity index (χ0) is 19.1. The standard InChI is InChI=1S/C18H21F3N4O.ClH/c1-12-5-3-4-6-14(12)25-15(18(19,20)21)13(9-23-25)16(26)24-8-7-17(2,10-22)11-24;/h3-6,9H,7-8,10-11,22H2,1-2H3;1H. The summed E-state index contributed by atoms with van der Waals surface area (Å²) in [5, 5.41) is 3.89. The molecule has 1 atom stereocenters. The number of rotatable bonds is 3. The fraction of sp³-hybridized carbons (Fsp3) is 0.444. The normalized spacial score (nSPS) is 19.9. The number of aromatic nitrogens is 2. The Morgan fingerprint density at radius 2 is 2.00 bits per heavy atom. The first-order valence-corrected chi connectivity index (χ1v) is 8.37. The van der Waals surface area contributed by atoms with E-state index in [4.69, 9.17) is 5.73 Å². The Labute approximate surface area is 161 Å². The van der Waals surface area contributed by atoms with Crippen molar-refractivity contribution in [3.8, 4) is 5.69 Å². The van der Waals surface area contributed by atoms with Gasteiger partial charge < -0.3 is 10.6 Å². The number of nitrogens with zero attached hydrogens (tertiary/aromatic N) is 3. The van der Waals surface area contributed by atoms with E-state index in [-0.39, 0.29) is 17.8 Å². The molecule has 1 saturated heterocycles. The molecule has 9 heteroatoms. The highest BCUT2D eigenvalue weighted by atomic mass is 35.5. The van der Waals surface area contributed by atoms with E-state index in [1.54, 1.807) is 31.2 Å². The average Bonchev–Trinajstić information content (AvgIpc) is 3.19. The number of carbonyl (C=O) groups is 1. The summed E-state index contributed by atoms with van der Waals surface area (Å²) in [5.74, 6) is -0.658. The number of amides is 1. The van der Waals surface area contributed by atoms with Gasteiger partial charge in [-0.3, -0.25) is 4.79 Å². The van der Waals surface area contributed by atoms with Crippen molar-refractivity contribution in [1.29, 1.82) is 0 Å². The number of hydrogen-bond acceptors (Lipinski definition) is 3. The van der Waals surface area contributed by atoms with Crippen LogP contribution in [0.4, 0.5) is 13.2 Å². The highest BCUT2D eigenvalue weighted by Gasteiger charge is 2.43. The minimum Gasteiger partial charge on any atom is -0.338 e. The Hall–Kier alpha value is -2.06. The van der Waals surface area contributed by atoms with E-state index in [9.17, 15) is 18.0 Å². The number of aryl methyl sites for hydroxylation is 1. The SMILES string of the molecule is Cc1ccccc1-n1ncc(C(=O)N2CCC(C)(CN)C2)c1C(F)(F)F.Cl. The molecule has 1 aromatic carbocycles. The Bertz CT molecular complexity index is 836. The van der Waals surface area contributed by atoms with E-state index in [0.29, 0.717) is 37.3 Å². The predicted molar refractivity (Wildman–Crippen MR) is 98.2 cm³/mol. The number of para-hydroxylation sites is 1. The molecule has 1 aliphatic heterocycles. The fourth-order valence-corrected chi connectivity index (χ4v) is 3.30. The second kappa shape index (κ2) is 7.52. The third kappa shape index (κ3) is 3.96. The summed E-state index contributed by atoms with van der Waals surface area (Å²) < 4.78 is 42.1. The molecule has 0 saturated carbocycles. The van der Waals surface area contributed by atoms with Crippen molar-refractivity contribution in [2.75, 3.05) is 19.6 Å². The predicted octanol–water partition coefficient (Wildman–Crippen LogP) is 3.43. The molecule has 1 amide bonds. The largest absolute Gasteiger partial charge is 0.434 e. The first kappa shape index (κ1) is 21.2. The maximum absolute atomic E-state index is 13.8. The molecule has 0 spiro atoms. The topological polar surface area (TPSA) is 64.2 Å². The molecular weight excluding hydrogens is 381 g/mol. The molecule has 2 N–H and O–H groups in total. The van der Waals surface area contributed by atoms with Gasteiger partial charge in [-0.25, -0.2) is 4.68 Å². The van der Waals surface area contributed by atoms with Crippen LogP contribution in [-0.2, 0) is 6.18 Å². The number of alkyl halides is 3. The smallest absolute Gasteiger partial charge is 0.338 e. The maximum Gasteiger partial charge on any atom is 0.434 e. The third-order valence-corrected chi connectivity index (χ3v) is 4.95. The molecule has 0 bridgehead atoms. The lowest BCUT2D eigenvalue weighted by atomic mass is 9.90. The van der Waals surface area contributed by atoms with E-state index >= 15 is 0 Å². The molecule has 2 aromatic rings. The maximum atomic E-state index is 13.8. The van der Waals surface area contributed by atoms with Crippen LogP contribution in [-0.4, -0.2) is 40.2 Å². The van der Waals surface area contributed by atoms with Crippen molar-refractivity contribution < 1.29 is 18.0 Å². The zero-order valence-electron chi connectivity index (χ0n) is 15.1. The lowest BCUT2D eigenvalue weighted by molar-refractivity contribution is -0.143. The van der Waals surface area contributed by atoms with Crippen LogP contribution in [0.25, 0.3) is 5.69 Å². The van der Waals surface area contributed by atoms with Gasteiger partial charge in [0.1, 0.15) is 0 Å². The van der Waals surface area contributed by atoms with E-state index in [0.717, 1.165) is 10.9 Å². The Balaban J connectivity index is 0.00000261. The summed E-state index contributed by atoms with van der Waals surface area (Å²) in [7, 11) is 0. The van der Waals surface area contributed by atoms with Gasteiger partial charge in [-0.15, -0.1) is 12.4 Å². The molecule has 1 unspecified atom stereocenters. The first-order valence-electron chi connectivity index (χ1n) is 8.37. The van der Waals surface area contributed by atoms with Gasteiger partial charge in [-0.1, -0.05) is 25.1 Å². The summed E-state index contributed by atoms with van der Waals surface area (Å²) in [5.41, 5.74) is 4.93. The Morgan fingerprint density at radius 1 is 1.33 bits per heavy atom. The lowest BCUT2D eigenvalue weighted by Crippen LogP contribution is -2.35. The van der Waals surface area contributed by atoms with E-state index in [1.165, 1.54) is 4.90 Å². The second-order valence-corrected chi connectivity index (χ2v) is 7.09. The van der Waals surface area contributed by atoms with Crippen molar-refractivity contribution in [2.24, 2.45) is 11.1 Å². The van der Waals surface area contributed by atoms with E-state index in [2.05, 4.69) is 5.10 Å². The highest BCUT2D eigenvalue weighted by molar-refractivity contribution is 5.95. The summed E-state index contributed by atoms with van der Waals surface area (Å²) in [6.45, 7) is 4.74. The number of halogens is 4. The molecule has 148 valence electrons. The first-order chi connectivity index (χ1) is 12.2. The number of carbonyl (C=O) groups excluding carboxylic acids is 1. The zero-order valence-corrected chi connectivity index (χ0v) is 15.9. The van der Waals surface area contributed by atoms with Crippen LogP contribution in [0, 0.1) is 12.3 Å². The van der Waals surface area contributed by atoms with Crippen LogP contribution in [0.3, 0.4) is 0 Å². The fourth-order valence-electron chi connectivity index (χ4n) is 3.30. The summed E-state index contributed by atoms with van der Waals surface area (Å²) in [6.07, 6.45) is -3.03. The second-order valence-electron chi connectivity index (χ2n) is 7.09. The van der Waals surface area contributed by atoms with Crippen LogP contribution in [0.1, 0.15) is 35.0 Å². The molecule has 5 nitrogen and oxygen atoms in total. The minimum atomic E-state index is -4.71. The van der Waals surface area contributed by atoms with Gasteiger partial charge in [0.2, 0.25) is 0 Å². The monoisotopic (exact) mass is 402 g/mol. The molecule has 2 heterocycles. The van der Waals surface area contributed by atoms with Crippen molar-refractivity contribution in [3.63, 3.8) is 0 Å². The van der Waals surface area contributed by atoms with Crippen LogP contribution < -0.4 is 5.73 Å². The van der Waals surface area contributed by atoms with Crippen molar-refractivity contribution in [2.45, 2.75) is 26.4 Å². The average molecular weight is 403 g/mol. The van der Waals surface area contributed by atoms with Crippen LogP contribution in [0.2, 0.25) is 0 Å². The van der Waals surface area contributed by atoms with Crippen LogP contribution >= 0.6 is 12.4 Å². The van der Waals surface area contributed by atoms with Gasteiger partial charge in [0.25, 0.3) is 5.91 Å². The van der Waals surface area contributed by atoms with Crippen molar-refractivity contribution >= 4 is 18.3 Å². The molecule has 0 radical (unpaired) electrons. The van der Waals surface area contributed by atoms with Crippen LogP contribution in [0.15, 0.2) is 30.5 Å². The lowest BCUT2D eigenvalue weighted by Gasteiger charge is -2.23.